The van der Waals surface area contributed by atoms with Crippen LogP contribution in [0.2, 0.25) is 0 Å². The van der Waals surface area contributed by atoms with Gasteiger partial charge in [-0.25, -0.2) is 0 Å². The molecule has 1 heterocycles. The van der Waals surface area contributed by atoms with Crippen molar-refractivity contribution in [3.8, 4) is 11.5 Å². The number of para-hydroxylation sites is 2. The second-order valence-corrected chi connectivity index (χ2v) is 6.49. The zero-order valence-electron chi connectivity index (χ0n) is 13.7. The molecule has 0 spiro atoms. The van der Waals surface area contributed by atoms with E-state index in [0.29, 0.717) is 32.0 Å². The molecule has 1 aromatic carbocycles. The maximum Gasteiger partial charge on any atom is 0.223 e. The maximum atomic E-state index is 12.6. The van der Waals surface area contributed by atoms with Gasteiger partial charge in [0.2, 0.25) is 5.91 Å². The lowest BCUT2D eigenvalue weighted by atomic mass is 9.99. The molecule has 0 saturated heterocycles. The molecule has 2 N–H and O–H groups in total. The van der Waals surface area contributed by atoms with E-state index in [-0.39, 0.29) is 18.1 Å². The first-order valence-electron chi connectivity index (χ1n) is 8.59. The molecule has 0 aromatic heterocycles. The van der Waals surface area contributed by atoms with Crippen molar-refractivity contribution in [2.75, 3.05) is 19.7 Å². The zero-order valence-corrected chi connectivity index (χ0v) is 13.7. The van der Waals surface area contributed by atoms with Crippen molar-refractivity contribution >= 4 is 5.91 Å². The van der Waals surface area contributed by atoms with Crippen LogP contribution in [0, 0.1) is 5.92 Å². The highest BCUT2D eigenvalue weighted by Gasteiger charge is 2.29. The molecule has 5 heteroatoms. The van der Waals surface area contributed by atoms with Crippen molar-refractivity contribution in [1.29, 1.82) is 0 Å². The predicted octanol–water partition coefficient (Wildman–Crippen LogP) is 2.19. The molecule has 0 bridgehead atoms. The summed E-state index contributed by atoms with van der Waals surface area (Å²) in [6, 6.07) is 7.83. The summed E-state index contributed by atoms with van der Waals surface area (Å²) >= 11 is 0. The number of amides is 1. The monoisotopic (exact) mass is 318 g/mol. The molecule has 2 aliphatic rings. The number of ether oxygens (including phenoxy) is 2. The standard InChI is InChI=1S/C18H26N2O3/c1-2-20(18(21)10-13-6-5-7-15(13)19)11-14-12-22-16-8-3-4-9-17(16)23-14/h3-4,8-9,13-15H,2,5-7,10-12,19H2,1H3/t13-,14?,15+/m0/s1. The van der Waals surface area contributed by atoms with Crippen LogP contribution in [0.15, 0.2) is 24.3 Å². The number of benzene rings is 1. The van der Waals surface area contributed by atoms with Crippen molar-refractivity contribution in [2.24, 2.45) is 11.7 Å². The minimum absolute atomic E-state index is 0.119. The van der Waals surface area contributed by atoms with E-state index in [9.17, 15) is 4.79 Å². The van der Waals surface area contributed by atoms with Gasteiger partial charge in [0.1, 0.15) is 6.61 Å². The summed E-state index contributed by atoms with van der Waals surface area (Å²) in [5, 5.41) is 0. The van der Waals surface area contributed by atoms with E-state index >= 15 is 0 Å². The normalized spacial score (nSPS) is 26.1. The van der Waals surface area contributed by atoms with Crippen molar-refractivity contribution in [3.63, 3.8) is 0 Å². The Morgan fingerprint density at radius 3 is 2.78 bits per heavy atom. The number of likely N-dealkylation sites (N-methyl/N-ethyl adjacent to an activating group) is 1. The lowest BCUT2D eigenvalue weighted by molar-refractivity contribution is -0.133. The Labute approximate surface area is 137 Å². The van der Waals surface area contributed by atoms with Crippen LogP contribution in [0.1, 0.15) is 32.6 Å². The van der Waals surface area contributed by atoms with E-state index in [4.69, 9.17) is 15.2 Å². The molecular formula is C18H26N2O3. The highest BCUT2D eigenvalue weighted by Crippen LogP contribution is 2.31. The largest absolute Gasteiger partial charge is 0.486 e. The second-order valence-electron chi connectivity index (χ2n) is 6.49. The third kappa shape index (κ3) is 3.78. The second kappa shape index (κ2) is 7.21. The molecule has 1 aromatic rings. The molecule has 126 valence electrons. The topological polar surface area (TPSA) is 64.8 Å². The number of fused-ring (bicyclic) bond motifs is 1. The van der Waals surface area contributed by atoms with Crippen LogP contribution in [0.4, 0.5) is 0 Å². The molecule has 0 radical (unpaired) electrons. The molecule has 5 nitrogen and oxygen atoms in total. The molecule has 1 amide bonds. The van der Waals surface area contributed by atoms with Gasteiger partial charge in [0.25, 0.3) is 0 Å². The maximum absolute atomic E-state index is 12.6. The average molecular weight is 318 g/mol. The fraction of sp³-hybridized carbons (Fsp3) is 0.611. The van der Waals surface area contributed by atoms with Crippen LogP contribution in [-0.2, 0) is 4.79 Å². The highest BCUT2D eigenvalue weighted by molar-refractivity contribution is 5.76. The summed E-state index contributed by atoms with van der Waals surface area (Å²) in [7, 11) is 0. The van der Waals surface area contributed by atoms with Crippen molar-refractivity contribution < 1.29 is 14.3 Å². The number of nitrogens with zero attached hydrogens (tertiary/aromatic N) is 1. The molecule has 1 aliphatic heterocycles. The third-order valence-electron chi connectivity index (χ3n) is 4.88. The van der Waals surface area contributed by atoms with Gasteiger partial charge in [0, 0.05) is 19.0 Å². The first kappa shape index (κ1) is 16.1. The summed E-state index contributed by atoms with van der Waals surface area (Å²) in [6.07, 6.45) is 3.69. The number of hydrogen-bond acceptors (Lipinski definition) is 4. The Morgan fingerprint density at radius 1 is 1.30 bits per heavy atom. The smallest absolute Gasteiger partial charge is 0.223 e. The van der Waals surface area contributed by atoms with Gasteiger partial charge >= 0.3 is 0 Å². The number of rotatable bonds is 5. The van der Waals surface area contributed by atoms with Gasteiger partial charge in [-0.1, -0.05) is 18.6 Å². The third-order valence-corrected chi connectivity index (χ3v) is 4.88. The lowest BCUT2D eigenvalue weighted by Gasteiger charge is -2.31. The van der Waals surface area contributed by atoms with E-state index in [1.807, 2.05) is 36.1 Å². The first-order valence-corrected chi connectivity index (χ1v) is 8.59. The van der Waals surface area contributed by atoms with Crippen LogP contribution in [0.25, 0.3) is 0 Å². The number of nitrogens with two attached hydrogens (primary N) is 1. The molecule has 1 saturated carbocycles. The van der Waals surface area contributed by atoms with Crippen molar-refractivity contribution in [1.82, 2.24) is 4.90 Å². The van der Waals surface area contributed by atoms with E-state index in [0.717, 1.165) is 30.8 Å². The van der Waals surface area contributed by atoms with Gasteiger partial charge in [-0.05, 0) is 37.8 Å². The Bertz CT molecular complexity index is 549. The fourth-order valence-electron chi connectivity index (χ4n) is 3.48. The van der Waals surface area contributed by atoms with Gasteiger partial charge in [-0.15, -0.1) is 0 Å². The lowest BCUT2D eigenvalue weighted by Crippen LogP contribution is -2.44. The van der Waals surface area contributed by atoms with Gasteiger partial charge in [-0.3, -0.25) is 4.79 Å². The minimum Gasteiger partial charge on any atom is -0.486 e. The van der Waals surface area contributed by atoms with E-state index in [2.05, 4.69) is 0 Å². The predicted molar refractivity (Wildman–Crippen MR) is 88.5 cm³/mol. The minimum atomic E-state index is -0.119. The van der Waals surface area contributed by atoms with E-state index in [1.54, 1.807) is 0 Å². The molecule has 3 rings (SSSR count). The fourth-order valence-corrected chi connectivity index (χ4v) is 3.48. The van der Waals surface area contributed by atoms with Crippen LogP contribution < -0.4 is 15.2 Å². The van der Waals surface area contributed by atoms with Crippen LogP contribution >= 0.6 is 0 Å². The quantitative estimate of drug-likeness (QED) is 0.904. The Balaban J connectivity index is 1.56. The average Bonchev–Trinajstić information content (AvgIpc) is 2.97. The summed E-state index contributed by atoms with van der Waals surface area (Å²) < 4.78 is 11.7. The molecule has 1 aliphatic carbocycles. The van der Waals surface area contributed by atoms with Crippen LogP contribution in [0.3, 0.4) is 0 Å². The number of carbonyl (C=O) groups excluding carboxylic acids is 1. The summed E-state index contributed by atoms with van der Waals surface area (Å²) in [5.41, 5.74) is 6.09. The summed E-state index contributed by atoms with van der Waals surface area (Å²) in [5.74, 6) is 2.04. The molecule has 3 atom stereocenters. The molecule has 1 fully saturated rings. The Kier molecular flexibility index (Phi) is 5.06. The van der Waals surface area contributed by atoms with Gasteiger partial charge in [0.05, 0.1) is 6.54 Å². The van der Waals surface area contributed by atoms with Crippen LogP contribution in [-0.4, -0.2) is 42.6 Å². The van der Waals surface area contributed by atoms with Crippen molar-refractivity contribution in [3.05, 3.63) is 24.3 Å². The van der Waals surface area contributed by atoms with Crippen molar-refractivity contribution in [2.45, 2.75) is 44.8 Å². The summed E-state index contributed by atoms with van der Waals surface area (Å²) in [4.78, 5) is 14.4. The van der Waals surface area contributed by atoms with E-state index < -0.39 is 0 Å². The Morgan fingerprint density at radius 2 is 2.09 bits per heavy atom. The zero-order chi connectivity index (χ0) is 16.2. The van der Waals surface area contributed by atoms with Gasteiger partial charge < -0.3 is 20.1 Å². The molecular weight excluding hydrogens is 292 g/mol. The van der Waals surface area contributed by atoms with Gasteiger partial charge in [0.15, 0.2) is 17.6 Å². The highest BCUT2D eigenvalue weighted by atomic mass is 16.6. The first-order chi connectivity index (χ1) is 11.2. The Hall–Kier alpha value is -1.75. The van der Waals surface area contributed by atoms with Crippen LogP contribution in [0.5, 0.6) is 11.5 Å². The van der Waals surface area contributed by atoms with E-state index in [1.165, 1.54) is 0 Å². The number of carbonyl (C=O) groups is 1. The SMILES string of the molecule is CCN(CC1COc2ccccc2O1)C(=O)C[C@@H]1CCC[C@H]1N. The van der Waals surface area contributed by atoms with Gasteiger partial charge in [-0.2, -0.15) is 0 Å². The number of hydrogen-bond donors (Lipinski definition) is 1. The molecule has 1 unspecified atom stereocenters. The molecule has 23 heavy (non-hydrogen) atoms. The summed E-state index contributed by atoms with van der Waals surface area (Å²) in [6.45, 7) is 3.72.